The number of ether oxygens (including phenoxy) is 1. The standard InChI is InChI=1S/C17H22FNO2/c1-2-21-17(20)15-12-5-6-13(9-12)16(15)19-10-11-3-7-14(18)8-4-11/h3-4,7-8,12-13,15-16,19H,2,5-6,9-10H2,1H3/t12-,13+,15?,16?/m1/s1. The highest BCUT2D eigenvalue weighted by Gasteiger charge is 2.51. The van der Waals surface area contributed by atoms with E-state index in [-0.39, 0.29) is 23.7 Å². The van der Waals surface area contributed by atoms with Gasteiger partial charge < -0.3 is 10.1 Å². The van der Waals surface area contributed by atoms with E-state index in [9.17, 15) is 9.18 Å². The van der Waals surface area contributed by atoms with E-state index in [0.29, 0.717) is 25.0 Å². The van der Waals surface area contributed by atoms with E-state index in [2.05, 4.69) is 5.32 Å². The van der Waals surface area contributed by atoms with Gasteiger partial charge in [0, 0.05) is 12.6 Å². The summed E-state index contributed by atoms with van der Waals surface area (Å²) in [6.45, 7) is 2.97. The summed E-state index contributed by atoms with van der Waals surface area (Å²) in [5, 5.41) is 3.51. The van der Waals surface area contributed by atoms with E-state index < -0.39 is 0 Å². The van der Waals surface area contributed by atoms with E-state index in [1.807, 2.05) is 6.92 Å². The summed E-state index contributed by atoms with van der Waals surface area (Å²) in [6.07, 6.45) is 3.47. The van der Waals surface area contributed by atoms with Crippen LogP contribution in [-0.4, -0.2) is 18.6 Å². The Morgan fingerprint density at radius 3 is 2.71 bits per heavy atom. The molecule has 2 aliphatic carbocycles. The quantitative estimate of drug-likeness (QED) is 0.848. The first kappa shape index (κ1) is 14.5. The maximum Gasteiger partial charge on any atom is 0.310 e. The zero-order chi connectivity index (χ0) is 14.8. The molecule has 1 aromatic rings. The fourth-order valence-electron chi connectivity index (χ4n) is 4.00. The maximum atomic E-state index is 12.9. The highest BCUT2D eigenvalue weighted by Crippen LogP contribution is 2.49. The van der Waals surface area contributed by atoms with Gasteiger partial charge in [0.05, 0.1) is 12.5 Å². The normalized spacial score (nSPS) is 30.6. The Hall–Kier alpha value is -1.42. The van der Waals surface area contributed by atoms with E-state index in [4.69, 9.17) is 4.74 Å². The number of halogens is 1. The van der Waals surface area contributed by atoms with Crippen molar-refractivity contribution in [2.45, 2.75) is 38.8 Å². The summed E-state index contributed by atoms with van der Waals surface area (Å²) < 4.78 is 18.2. The topological polar surface area (TPSA) is 38.3 Å². The molecule has 0 saturated heterocycles. The largest absolute Gasteiger partial charge is 0.466 e. The monoisotopic (exact) mass is 291 g/mol. The van der Waals surface area contributed by atoms with E-state index in [1.54, 1.807) is 12.1 Å². The average molecular weight is 291 g/mol. The molecule has 1 N–H and O–H groups in total. The molecule has 2 saturated carbocycles. The third kappa shape index (κ3) is 2.95. The lowest BCUT2D eigenvalue weighted by molar-refractivity contribution is -0.150. The zero-order valence-electron chi connectivity index (χ0n) is 12.3. The van der Waals surface area contributed by atoms with Crippen LogP contribution in [0.4, 0.5) is 4.39 Å². The van der Waals surface area contributed by atoms with Gasteiger partial charge in [0.1, 0.15) is 5.82 Å². The first-order valence-corrected chi connectivity index (χ1v) is 7.83. The van der Waals surface area contributed by atoms with Crippen molar-refractivity contribution >= 4 is 5.97 Å². The third-order valence-corrected chi connectivity index (χ3v) is 4.93. The summed E-state index contributed by atoms with van der Waals surface area (Å²) in [7, 11) is 0. The maximum absolute atomic E-state index is 12.9. The molecule has 21 heavy (non-hydrogen) atoms. The van der Waals surface area contributed by atoms with Crippen LogP contribution in [0.2, 0.25) is 0 Å². The molecule has 3 rings (SSSR count). The van der Waals surface area contributed by atoms with Crippen LogP contribution in [0.3, 0.4) is 0 Å². The Morgan fingerprint density at radius 1 is 1.29 bits per heavy atom. The molecule has 4 atom stereocenters. The van der Waals surface area contributed by atoms with Crippen LogP contribution in [0.25, 0.3) is 0 Å². The number of rotatable bonds is 5. The van der Waals surface area contributed by atoms with Gasteiger partial charge in [0.15, 0.2) is 0 Å². The minimum Gasteiger partial charge on any atom is -0.466 e. The molecule has 0 spiro atoms. The van der Waals surface area contributed by atoms with Crippen LogP contribution in [0.15, 0.2) is 24.3 Å². The molecule has 2 aliphatic rings. The highest BCUT2D eigenvalue weighted by atomic mass is 19.1. The van der Waals surface area contributed by atoms with Gasteiger partial charge in [-0.05, 0) is 55.7 Å². The van der Waals surface area contributed by atoms with Gasteiger partial charge in [0.2, 0.25) is 0 Å². The summed E-state index contributed by atoms with van der Waals surface area (Å²) >= 11 is 0. The van der Waals surface area contributed by atoms with Crippen LogP contribution >= 0.6 is 0 Å². The second-order valence-corrected chi connectivity index (χ2v) is 6.14. The molecule has 0 aliphatic heterocycles. The van der Waals surface area contributed by atoms with Crippen molar-refractivity contribution in [3.05, 3.63) is 35.6 Å². The average Bonchev–Trinajstić information content (AvgIpc) is 3.07. The fraction of sp³-hybridized carbons (Fsp3) is 0.588. The Bertz CT molecular complexity index is 502. The van der Waals surface area contributed by atoms with Gasteiger partial charge in [-0.3, -0.25) is 4.79 Å². The van der Waals surface area contributed by atoms with Crippen molar-refractivity contribution in [2.24, 2.45) is 17.8 Å². The first-order valence-electron chi connectivity index (χ1n) is 7.83. The predicted octanol–water partition coefficient (Wildman–Crippen LogP) is 2.89. The van der Waals surface area contributed by atoms with Crippen molar-refractivity contribution < 1.29 is 13.9 Å². The molecule has 0 amide bonds. The van der Waals surface area contributed by atoms with Gasteiger partial charge in [-0.1, -0.05) is 12.1 Å². The molecular weight excluding hydrogens is 269 g/mol. The number of carbonyl (C=O) groups excluding carboxylic acids is 1. The van der Waals surface area contributed by atoms with Gasteiger partial charge >= 0.3 is 5.97 Å². The molecule has 114 valence electrons. The molecule has 0 heterocycles. The SMILES string of the molecule is CCOC(=O)C1C(NCc2ccc(F)cc2)[C@H]2CC[C@@H]1C2. The molecule has 2 fully saturated rings. The van der Waals surface area contributed by atoms with Gasteiger partial charge in [-0.2, -0.15) is 0 Å². The van der Waals surface area contributed by atoms with Crippen LogP contribution in [-0.2, 0) is 16.1 Å². The van der Waals surface area contributed by atoms with Crippen molar-refractivity contribution in [1.82, 2.24) is 5.32 Å². The molecule has 2 bridgehead atoms. The van der Waals surface area contributed by atoms with Crippen LogP contribution in [0, 0.1) is 23.6 Å². The van der Waals surface area contributed by atoms with E-state index in [0.717, 1.165) is 18.4 Å². The molecule has 1 aromatic carbocycles. The van der Waals surface area contributed by atoms with Crippen molar-refractivity contribution in [2.75, 3.05) is 6.61 Å². The van der Waals surface area contributed by atoms with Gasteiger partial charge in [-0.15, -0.1) is 0 Å². The molecule has 3 nitrogen and oxygen atoms in total. The minimum atomic E-state index is -0.219. The Kier molecular flexibility index (Phi) is 4.24. The second kappa shape index (κ2) is 6.14. The van der Waals surface area contributed by atoms with Crippen LogP contribution < -0.4 is 5.32 Å². The summed E-state index contributed by atoms with van der Waals surface area (Å²) in [4.78, 5) is 12.2. The number of esters is 1. The lowest BCUT2D eigenvalue weighted by Gasteiger charge is -2.30. The van der Waals surface area contributed by atoms with Crippen molar-refractivity contribution in [1.29, 1.82) is 0 Å². The zero-order valence-corrected chi connectivity index (χ0v) is 12.3. The molecule has 0 radical (unpaired) electrons. The van der Waals surface area contributed by atoms with Gasteiger partial charge in [0.25, 0.3) is 0 Å². The number of hydrogen-bond acceptors (Lipinski definition) is 3. The number of hydrogen-bond donors (Lipinski definition) is 1. The minimum absolute atomic E-state index is 0.0100. The number of nitrogens with one attached hydrogen (secondary N) is 1. The molecular formula is C17H22FNO2. The number of fused-ring (bicyclic) bond motifs is 2. The van der Waals surface area contributed by atoms with Crippen LogP contribution in [0.1, 0.15) is 31.7 Å². The Labute approximate surface area is 124 Å². The third-order valence-electron chi connectivity index (χ3n) is 4.93. The molecule has 4 heteroatoms. The summed E-state index contributed by atoms with van der Waals surface area (Å²) in [6, 6.07) is 6.72. The van der Waals surface area contributed by atoms with Crippen molar-refractivity contribution in [3.8, 4) is 0 Å². The fourth-order valence-corrected chi connectivity index (χ4v) is 4.00. The second-order valence-electron chi connectivity index (χ2n) is 6.14. The highest BCUT2D eigenvalue weighted by molar-refractivity contribution is 5.74. The van der Waals surface area contributed by atoms with E-state index >= 15 is 0 Å². The number of carbonyl (C=O) groups is 1. The summed E-state index contributed by atoms with van der Waals surface area (Å²) in [5.41, 5.74) is 1.04. The molecule has 2 unspecified atom stereocenters. The number of benzene rings is 1. The van der Waals surface area contributed by atoms with E-state index in [1.165, 1.54) is 18.6 Å². The van der Waals surface area contributed by atoms with Crippen LogP contribution in [0.5, 0.6) is 0 Å². The lowest BCUT2D eigenvalue weighted by atomic mass is 9.84. The predicted molar refractivity (Wildman–Crippen MR) is 78.0 cm³/mol. The Morgan fingerprint density at radius 2 is 2.00 bits per heavy atom. The summed E-state index contributed by atoms with van der Waals surface area (Å²) in [5.74, 6) is 0.762. The first-order chi connectivity index (χ1) is 10.2. The molecule has 0 aromatic heterocycles. The Balaban J connectivity index is 1.65. The lowest BCUT2D eigenvalue weighted by Crippen LogP contribution is -2.44. The van der Waals surface area contributed by atoms with Crippen molar-refractivity contribution in [3.63, 3.8) is 0 Å². The smallest absolute Gasteiger partial charge is 0.310 e. The van der Waals surface area contributed by atoms with Gasteiger partial charge in [-0.25, -0.2) is 4.39 Å².